The van der Waals surface area contributed by atoms with Crippen LogP contribution in [0.5, 0.6) is 0 Å². The highest BCUT2D eigenvalue weighted by molar-refractivity contribution is 7.90. The van der Waals surface area contributed by atoms with Gasteiger partial charge in [-0.05, 0) is 18.2 Å². The van der Waals surface area contributed by atoms with Gasteiger partial charge in [0, 0.05) is 19.5 Å². The number of pyridine rings is 1. The van der Waals surface area contributed by atoms with Gasteiger partial charge in [0.2, 0.25) is 0 Å². The number of aromatic nitrogens is 1. The van der Waals surface area contributed by atoms with Crippen LogP contribution in [0.25, 0.3) is 0 Å². The third-order valence-corrected chi connectivity index (χ3v) is 4.26. The van der Waals surface area contributed by atoms with Gasteiger partial charge in [-0.25, -0.2) is 13.4 Å². The van der Waals surface area contributed by atoms with Crippen molar-refractivity contribution in [1.82, 2.24) is 10.3 Å². The van der Waals surface area contributed by atoms with Crippen molar-refractivity contribution in [1.29, 1.82) is 0 Å². The molecule has 0 unspecified atom stereocenters. The summed E-state index contributed by atoms with van der Waals surface area (Å²) in [7, 11) is -1.92. The van der Waals surface area contributed by atoms with E-state index < -0.39 is 9.84 Å². The predicted octanol–water partition coefficient (Wildman–Crippen LogP) is 2.24. The molecular weight excluding hydrogens is 326 g/mol. The fraction of sp³-hybridized carbons (Fsp3) is 0.143. The molecule has 0 aliphatic rings. The highest BCUT2D eigenvalue weighted by Crippen LogP contribution is 2.27. The standard InChI is InChI=1S/C14H14ClN3O3S/c1-16-14(19)9-8-17-13(15)7-11(9)18-10-5-3-4-6-12(10)22(2,20)21/h3-8H,1-2H3,(H,16,19)(H,17,18). The number of amides is 1. The van der Waals surface area contributed by atoms with E-state index in [9.17, 15) is 13.2 Å². The van der Waals surface area contributed by atoms with Gasteiger partial charge in [-0.3, -0.25) is 4.79 Å². The molecule has 0 spiro atoms. The summed E-state index contributed by atoms with van der Waals surface area (Å²) in [5.41, 5.74) is 0.989. The number of nitrogens with one attached hydrogen (secondary N) is 2. The number of anilines is 2. The summed E-state index contributed by atoms with van der Waals surface area (Å²) in [4.78, 5) is 15.9. The Labute approximate surface area is 133 Å². The van der Waals surface area contributed by atoms with Crippen molar-refractivity contribution in [3.63, 3.8) is 0 Å². The summed E-state index contributed by atoms with van der Waals surface area (Å²) in [6.07, 6.45) is 2.44. The highest BCUT2D eigenvalue weighted by Gasteiger charge is 2.16. The molecule has 0 fully saturated rings. The number of para-hydroxylation sites is 1. The zero-order chi connectivity index (χ0) is 16.3. The van der Waals surface area contributed by atoms with E-state index in [1.54, 1.807) is 18.2 Å². The molecule has 1 heterocycles. The number of halogens is 1. The monoisotopic (exact) mass is 339 g/mol. The molecule has 1 amide bonds. The summed E-state index contributed by atoms with van der Waals surface area (Å²) in [5.74, 6) is -0.358. The lowest BCUT2D eigenvalue weighted by molar-refractivity contribution is 0.0963. The summed E-state index contributed by atoms with van der Waals surface area (Å²) in [6, 6.07) is 7.88. The van der Waals surface area contributed by atoms with Crippen molar-refractivity contribution in [2.24, 2.45) is 0 Å². The molecule has 8 heteroatoms. The lowest BCUT2D eigenvalue weighted by Gasteiger charge is -2.14. The predicted molar refractivity (Wildman–Crippen MR) is 85.5 cm³/mol. The largest absolute Gasteiger partial charge is 0.355 e. The SMILES string of the molecule is CNC(=O)c1cnc(Cl)cc1Nc1ccccc1S(C)(=O)=O. The maximum Gasteiger partial charge on any atom is 0.254 e. The van der Waals surface area contributed by atoms with Gasteiger partial charge in [0.15, 0.2) is 9.84 Å². The molecule has 116 valence electrons. The average Bonchev–Trinajstić information content (AvgIpc) is 2.46. The second-order valence-corrected chi connectivity index (χ2v) is 6.90. The molecular formula is C14H14ClN3O3S. The van der Waals surface area contributed by atoms with Gasteiger partial charge in [0.1, 0.15) is 5.15 Å². The fourth-order valence-electron chi connectivity index (χ4n) is 1.89. The number of carbonyl (C=O) groups excluding carboxylic acids is 1. The number of sulfone groups is 1. The molecule has 6 nitrogen and oxygen atoms in total. The van der Waals surface area contributed by atoms with Gasteiger partial charge in [0.05, 0.1) is 21.8 Å². The molecule has 0 bridgehead atoms. The number of benzene rings is 1. The van der Waals surface area contributed by atoms with E-state index in [0.29, 0.717) is 11.4 Å². The molecule has 0 aliphatic heterocycles. The fourth-order valence-corrected chi connectivity index (χ4v) is 2.89. The van der Waals surface area contributed by atoms with E-state index in [1.165, 1.54) is 25.4 Å². The second kappa shape index (κ2) is 6.33. The molecule has 2 aromatic rings. The van der Waals surface area contributed by atoms with Crippen LogP contribution < -0.4 is 10.6 Å². The van der Waals surface area contributed by atoms with Crippen LogP contribution in [0.4, 0.5) is 11.4 Å². The average molecular weight is 340 g/mol. The van der Waals surface area contributed by atoms with Crippen LogP contribution in [0.15, 0.2) is 41.4 Å². The zero-order valence-electron chi connectivity index (χ0n) is 11.9. The van der Waals surface area contributed by atoms with Gasteiger partial charge < -0.3 is 10.6 Å². The lowest BCUT2D eigenvalue weighted by Crippen LogP contribution is -2.19. The van der Waals surface area contributed by atoms with Gasteiger partial charge in [-0.15, -0.1) is 0 Å². The molecule has 0 saturated carbocycles. The summed E-state index contributed by atoms with van der Waals surface area (Å²) < 4.78 is 23.7. The Hall–Kier alpha value is -2.12. The van der Waals surface area contributed by atoms with Crippen molar-refractivity contribution in [2.75, 3.05) is 18.6 Å². The minimum absolute atomic E-state index is 0.130. The van der Waals surface area contributed by atoms with Gasteiger partial charge in [-0.1, -0.05) is 23.7 Å². The van der Waals surface area contributed by atoms with Crippen LogP contribution in [-0.4, -0.2) is 32.6 Å². The smallest absolute Gasteiger partial charge is 0.254 e. The Kier molecular flexibility index (Phi) is 4.68. The number of hydrogen-bond acceptors (Lipinski definition) is 5. The third kappa shape index (κ3) is 3.55. The number of hydrogen-bond donors (Lipinski definition) is 2. The van der Waals surface area contributed by atoms with Gasteiger partial charge in [-0.2, -0.15) is 0 Å². The molecule has 0 atom stereocenters. The van der Waals surface area contributed by atoms with Crippen LogP contribution in [0.2, 0.25) is 5.15 Å². The van der Waals surface area contributed by atoms with E-state index in [4.69, 9.17) is 11.6 Å². The number of carbonyl (C=O) groups is 1. The zero-order valence-corrected chi connectivity index (χ0v) is 13.5. The Morgan fingerprint density at radius 1 is 1.23 bits per heavy atom. The summed E-state index contributed by atoms with van der Waals surface area (Å²) >= 11 is 5.86. The third-order valence-electron chi connectivity index (χ3n) is 2.90. The minimum Gasteiger partial charge on any atom is -0.355 e. The molecule has 0 radical (unpaired) electrons. The first kappa shape index (κ1) is 16.3. The molecule has 1 aromatic carbocycles. The number of rotatable bonds is 4. The Balaban J connectivity index is 2.53. The maximum atomic E-state index is 11.9. The Bertz CT molecular complexity index is 822. The molecule has 0 saturated heterocycles. The normalized spacial score (nSPS) is 11.0. The topological polar surface area (TPSA) is 88.2 Å². The van der Waals surface area contributed by atoms with Crippen molar-refractivity contribution >= 4 is 38.7 Å². The van der Waals surface area contributed by atoms with Crippen LogP contribution in [-0.2, 0) is 9.84 Å². The molecule has 2 N–H and O–H groups in total. The Morgan fingerprint density at radius 3 is 2.55 bits per heavy atom. The van der Waals surface area contributed by atoms with E-state index in [0.717, 1.165) is 6.26 Å². The van der Waals surface area contributed by atoms with Crippen LogP contribution in [0.1, 0.15) is 10.4 Å². The highest BCUT2D eigenvalue weighted by atomic mass is 35.5. The first-order valence-corrected chi connectivity index (χ1v) is 8.53. The van der Waals surface area contributed by atoms with Crippen molar-refractivity contribution in [3.8, 4) is 0 Å². The molecule has 2 rings (SSSR count). The quantitative estimate of drug-likeness (QED) is 0.834. The summed E-state index contributed by atoms with van der Waals surface area (Å²) in [6.45, 7) is 0. The first-order valence-electron chi connectivity index (χ1n) is 6.26. The van der Waals surface area contributed by atoms with Gasteiger partial charge >= 0.3 is 0 Å². The van der Waals surface area contributed by atoms with Crippen LogP contribution in [0.3, 0.4) is 0 Å². The first-order chi connectivity index (χ1) is 10.3. The number of nitrogens with zero attached hydrogens (tertiary/aromatic N) is 1. The van der Waals surface area contributed by atoms with Crippen molar-refractivity contribution in [3.05, 3.63) is 47.2 Å². The Morgan fingerprint density at radius 2 is 1.91 bits per heavy atom. The second-order valence-electron chi connectivity index (χ2n) is 4.53. The summed E-state index contributed by atoms with van der Waals surface area (Å²) in [5, 5.41) is 5.62. The van der Waals surface area contributed by atoms with E-state index in [-0.39, 0.29) is 21.5 Å². The molecule has 22 heavy (non-hydrogen) atoms. The maximum absolute atomic E-state index is 11.9. The van der Waals surface area contributed by atoms with E-state index >= 15 is 0 Å². The molecule has 1 aromatic heterocycles. The van der Waals surface area contributed by atoms with Crippen LogP contribution in [0, 0.1) is 0 Å². The minimum atomic E-state index is -3.41. The van der Waals surface area contributed by atoms with Crippen molar-refractivity contribution in [2.45, 2.75) is 4.90 Å². The molecule has 0 aliphatic carbocycles. The van der Waals surface area contributed by atoms with Crippen molar-refractivity contribution < 1.29 is 13.2 Å². The van der Waals surface area contributed by atoms with E-state index in [1.807, 2.05) is 0 Å². The van der Waals surface area contributed by atoms with Crippen LogP contribution >= 0.6 is 11.6 Å². The van der Waals surface area contributed by atoms with E-state index in [2.05, 4.69) is 15.6 Å². The van der Waals surface area contributed by atoms with Gasteiger partial charge in [0.25, 0.3) is 5.91 Å². The lowest BCUT2D eigenvalue weighted by atomic mass is 10.2.